The number of benzene rings is 4. The summed E-state index contributed by atoms with van der Waals surface area (Å²) in [5, 5.41) is 5.96. The van der Waals surface area contributed by atoms with Gasteiger partial charge in [0.15, 0.2) is 0 Å². The number of aromatic nitrogens is 2. The van der Waals surface area contributed by atoms with E-state index in [0.717, 1.165) is 53.5 Å². The van der Waals surface area contributed by atoms with Gasteiger partial charge in [0.1, 0.15) is 5.65 Å². The zero-order valence-electron chi connectivity index (χ0n) is 13.5. The third kappa shape index (κ3) is 1.67. The van der Waals surface area contributed by atoms with Crippen molar-refractivity contribution in [1.82, 2.24) is 9.38 Å². The van der Waals surface area contributed by atoms with Gasteiger partial charge in [0.2, 0.25) is 0 Å². The van der Waals surface area contributed by atoms with Gasteiger partial charge in [-0.2, -0.15) is 0 Å². The van der Waals surface area contributed by atoms with E-state index in [4.69, 9.17) is 4.98 Å². The highest BCUT2D eigenvalue weighted by molar-refractivity contribution is 9.10. The van der Waals surface area contributed by atoms with Crippen molar-refractivity contribution in [3.8, 4) is 0 Å². The number of hydrogen-bond donors (Lipinski definition) is 0. The number of imidazole rings is 1. The van der Waals surface area contributed by atoms with Crippen molar-refractivity contribution >= 4 is 64.9 Å². The van der Waals surface area contributed by atoms with Crippen LogP contribution in [0.15, 0.2) is 76.0 Å². The molecule has 0 atom stereocenters. The van der Waals surface area contributed by atoms with Gasteiger partial charge in [0.25, 0.3) is 5.56 Å². The Hall–Kier alpha value is -2.98. The van der Waals surface area contributed by atoms with Crippen molar-refractivity contribution < 1.29 is 0 Å². The molecule has 6 rings (SSSR count). The Balaban J connectivity index is 1.97. The molecule has 0 saturated heterocycles. The maximum atomic E-state index is 13.3. The van der Waals surface area contributed by atoms with Crippen LogP contribution in [0.3, 0.4) is 0 Å². The fourth-order valence-electron chi connectivity index (χ4n) is 4.01. The van der Waals surface area contributed by atoms with E-state index < -0.39 is 0 Å². The third-order valence-electron chi connectivity index (χ3n) is 5.18. The maximum absolute atomic E-state index is 13.3. The van der Waals surface area contributed by atoms with Gasteiger partial charge < -0.3 is 0 Å². The minimum atomic E-state index is -0.0195. The molecule has 0 N–H and O–H groups in total. The molecule has 0 saturated carbocycles. The highest BCUT2D eigenvalue weighted by Crippen LogP contribution is 2.34. The second-order valence-electron chi connectivity index (χ2n) is 6.59. The molecule has 0 aliphatic rings. The lowest BCUT2D eigenvalue weighted by Crippen LogP contribution is -2.13. The van der Waals surface area contributed by atoms with Crippen LogP contribution in [0, 0.1) is 0 Å². The largest absolute Gasteiger partial charge is 0.268 e. The molecule has 4 aromatic carbocycles. The SMILES string of the molecule is O=c1c2ccc(Br)c3cccc(c32)c2nc3cc4ccccc4cc3n12. The van der Waals surface area contributed by atoms with Crippen LogP contribution < -0.4 is 5.56 Å². The molecular formula is C22H11BrN2O. The minimum absolute atomic E-state index is 0.0195. The van der Waals surface area contributed by atoms with Gasteiger partial charge >= 0.3 is 0 Å². The van der Waals surface area contributed by atoms with E-state index in [-0.39, 0.29) is 5.56 Å². The topological polar surface area (TPSA) is 34.4 Å². The van der Waals surface area contributed by atoms with Gasteiger partial charge in [0, 0.05) is 20.6 Å². The molecule has 0 fully saturated rings. The summed E-state index contributed by atoms with van der Waals surface area (Å²) < 4.78 is 2.74. The second kappa shape index (κ2) is 4.80. The van der Waals surface area contributed by atoms with Gasteiger partial charge in [0.05, 0.1) is 11.0 Å². The van der Waals surface area contributed by atoms with Crippen molar-refractivity contribution in [2.24, 2.45) is 0 Å². The first kappa shape index (κ1) is 14.2. The lowest BCUT2D eigenvalue weighted by molar-refractivity contribution is 1.19. The summed E-state index contributed by atoms with van der Waals surface area (Å²) in [5.41, 5.74) is 2.40. The molecule has 0 aliphatic heterocycles. The summed E-state index contributed by atoms with van der Waals surface area (Å²) in [6, 6.07) is 22.2. The monoisotopic (exact) mass is 398 g/mol. The van der Waals surface area contributed by atoms with E-state index >= 15 is 0 Å². The predicted octanol–water partition coefficient (Wildman–Crippen LogP) is 5.51. The number of hydrogen-bond acceptors (Lipinski definition) is 2. The highest BCUT2D eigenvalue weighted by atomic mass is 79.9. The Labute approximate surface area is 156 Å². The Morgan fingerprint density at radius 3 is 2.42 bits per heavy atom. The lowest BCUT2D eigenvalue weighted by Gasteiger charge is -2.08. The predicted molar refractivity (Wildman–Crippen MR) is 110 cm³/mol. The van der Waals surface area contributed by atoms with E-state index in [0.29, 0.717) is 0 Å². The molecule has 0 amide bonds. The first-order valence-electron chi connectivity index (χ1n) is 8.40. The first-order valence-corrected chi connectivity index (χ1v) is 9.19. The quantitative estimate of drug-likeness (QED) is 0.338. The normalized spacial score (nSPS) is 12.2. The zero-order chi connectivity index (χ0) is 17.4. The van der Waals surface area contributed by atoms with Crippen molar-refractivity contribution in [3.05, 3.63) is 81.6 Å². The summed E-state index contributed by atoms with van der Waals surface area (Å²) >= 11 is 3.60. The standard InChI is InChI=1S/C22H11BrN2O/c23-17-9-8-16-20-14(17)6-3-7-15(20)21-24-18-10-12-4-1-2-5-13(12)11-19(18)25(21)22(16)26/h1-11H. The molecule has 0 radical (unpaired) electrons. The van der Waals surface area contributed by atoms with Crippen LogP contribution >= 0.6 is 15.9 Å². The number of pyridine rings is 1. The number of rotatable bonds is 0. The van der Waals surface area contributed by atoms with Crippen molar-refractivity contribution in [3.63, 3.8) is 0 Å². The lowest BCUT2D eigenvalue weighted by atomic mass is 10.0. The molecule has 6 aromatic rings. The molecule has 3 nitrogen and oxygen atoms in total. The van der Waals surface area contributed by atoms with Crippen LogP contribution in [0.1, 0.15) is 0 Å². The van der Waals surface area contributed by atoms with E-state index in [9.17, 15) is 4.79 Å². The fraction of sp³-hybridized carbons (Fsp3) is 0. The van der Waals surface area contributed by atoms with Crippen molar-refractivity contribution in [2.75, 3.05) is 0 Å². The summed E-state index contributed by atoms with van der Waals surface area (Å²) in [6.07, 6.45) is 0. The van der Waals surface area contributed by atoms with Gasteiger partial charge in [-0.25, -0.2) is 4.98 Å². The van der Waals surface area contributed by atoms with Gasteiger partial charge in [-0.3, -0.25) is 9.20 Å². The molecule has 0 aliphatic carbocycles. The Morgan fingerprint density at radius 2 is 1.58 bits per heavy atom. The first-order chi connectivity index (χ1) is 12.7. The van der Waals surface area contributed by atoms with Crippen molar-refractivity contribution in [1.29, 1.82) is 0 Å². The van der Waals surface area contributed by atoms with Crippen LogP contribution in [-0.2, 0) is 0 Å². The summed E-state index contributed by atoms with van der Waals surface area (Å²) in [6.45, 7) is 0. The molecule has 0 spiro atoms. The summed E-state index contributed by atoms with van der Waals surface area (Å²) in [7, 11) is 0. The number of fused-ring (bicyclic) bond motifs is 5. The smallest absolute Gasteiger partial charge is 0.264 e. The Morgan fingerprint density at radius 1 is 0.808 bits per heavy atom. The molecular weight excluding hydrogens is 388 g/mol. The zero-order valence-corrected chi connectivity index (χ0v) is 15.1. The van der Waals surface area contributed by atoms with Crippen molar-refractivity contribution in [2.45, 2.75) is 0 Å². The van der Waals surface area contributed by atoms with Gasteiger partial charge in [-0.1, -0.05) is 58.4 Å². The van der Waals surface area contributed by atoms with Crippen LogP contribution in [-0.4, -0.2) is 9.38 Å². The molecule has 2 heterocycles. The molecule has 26 heavy (non-hydrogen) atoms. The second-order valence-corrected chi connectivity index (χ2v) is 7.44. The van der Waals surface area contributed by atoms with Crippen LogP contribution in [0.2, 0.25) is 0 Å². The van der Waals surface area contributed by atoms with E-state index in [2.05, 4.69) is 40.2 Å². The molecule has 0 unspecified atom stereocenters. The number of halogens is 1. The summed E-state index contributed by atoms with van der Waals surface area (Å²) in [4.78, 5) is 18.2. The van der Waals surface area contributed by atoms with Crippen LogP contribution in [0.4, 0.5) is 0 Å². The molecule has 122 valence electrons. The Kier molecular flexibility index (Phi) is 2.62. The van der Waals surface area contributed by atoms with E-state index in [1.54, 1.807) is 4.40 Å². The van der Waals surface area contributed by atoms with Crippen LogP contribution in [0.5, 0.6) is 0 Å². The van der Waals surface area contributed by atoms with E-state index in [1.165, 1.54) is 0 Å². The van der Waals surface area contributed by atoms with Gasteiger partial charge in [-0.05, 0) is 40.4 Å². The third-order valence-corrected chi connectivity index (χ3v) is 5.88. The maximum Gasteiger partial charge on any atom is 0.264 e. The fourth-order valence-corrected chi connectivity index (χ4v) is 4.47. The highest BCUT2D eigenvalue weighted by Gasteiger charge is 2.17. The van der Waals surface area contributed by atoms with Crippen LogP contribution in [0.25, 0.3) is 49.0 Å². The summed E-state index contributed by atoms with van der Waals surface area (Å²) in [5.74, 6) is 0. The van der Waals surface area contributed by atoms with E-state index in [1.807, 2.05) is 42.5 Å². The average Bonchev–Trinajstić information content (AvgIpc) is 3.04. The molecule has 2 aromatic heterocycles. The minimum Gasteiger partial charge on any atom is -0.268 e. The number of nitrogens with zero attached hydrogens (tertiary/aromatic N) is 2. The molecule has 4 heteroatoms. The van der Waals surface area contributed by atoms with Gasteiger partial charge in [-0.15, -0.1) is 0 Å². The Bertz CT molecular complexity index is 1570. The molecule has 0 bridgehead atoms. The average molecular weight is 399 g/mol.